The quantitative estimate of drug-likeness (QED) is 0.918. The van der Waals surface area contributed by atoms with Crippen molar-refractivity contribution in [2.75, 3.05) is 35.6 Å². The predicted molar refractivity (Wildman–Crippen MR) is 84.4 cm³/mol. The van der Waals surface area contributed by atoms with Crippen LogP contribution in [0.5, 0.6) is 0 Å². The molecule has 0 aromatic carbocycles. The lowest BCUT2D eigenvalue weighted by Crippen LogP contribution is -2.38. The van der Waals surface area contributed by atoms with Crippen LogP contribution in [-0.4, -0.2) is 40.6 Å². The third-order valence-electron chi connectivity index (χ3n) is 3.33. The number of aromatic nitrogens is 2. The van der Waals surface area contributed by atoms with Crippen molar-refractivity contribution in [3.8, 4) is 0 Å². The maximum Gasteiger partial charge on any atom is 0.137 e. The Morgan fingerprint density at radius 1 is 1.47 bits per heavy atom. The van der Waals surface area contributed by atoms with E-state index in [1.807, 2.05) is 11.8 Å². The summed E-state index contributed by atoms with van der Waals surface area (Å²) in [5.74, 6) is 3.72. The SMILES string of the molecule is CCNc1ncnc(N2CCSC(C)C2)c1C(C)C. The summed E-state index contributed by atoms with van der Waals surface area (Å²) in [5, 5.41) is 4.04. The fourth-order valence-corrected chi connectivity index (χ4v) is 3.50. The van der Waals surface area contributed by atoms with E-state index >= 15 is 0 Å². The number of nitrogens with zero attached hydrogens (tertiary/aromatic N) is 3. The fraction of sp³-hybridized carbons (Fsp3) is 0.714. The van der Waals surface area contributed by atoms with Gasteiger partial charge in [0.1, 0.15) is 18.0 Å². The summed E-state index contributed by atoms with van der Waals surface area (Å²) in [7, 11) is 0. The minimum atomic E-state index is 0.426. The number of hydrogen-bond donors (Lipinski definition) is 1. The molecule has 1 saturated heterocycles. The van der Waals surface area contributed by atoms with Crippen molar-refractivity contribution < 1.29 is 0 Å². The molecular formula is C14H24N4S. The van der Waals surface area contributed by atoms with E-state index in [4.69, 9.17) is 0 Å². The van der Waals surface area contributed by atoms with Crippen molar-refractivity contribution in [1.29, 1.82) is 0 Å². The lowest BCUT2D eigenvalue weighted by molar-refractivity contribution is 0.745. The molecule has 106 valence electrons. The van der Waals surface area contributed by atoms with Crippen LogP contribution in [0, 0.1) is 0 Å². The van der Waals surface area contributed by atoms with Gasteiger partial charge in [0, 0.05) is 36.2 Å². The normalized spacial score (nSPS) is 19.8. The molecule has 1 unspecified atom stereocenters. The average molecular weight is 280 g/mol. The molecule has 1 fully saturated rings. The van der Waals surface area contributed by atoms with E-state index in [-0.39, 0.29) is 0 Å². The Kier molecular flexibility index (Phi) is 4.91. The summed E-state index contributed by atoms with van der Waals surface area (Å²) in [4.78, 5) is 11.4. The van der Waals surface area contributed by atoms with Crippen molar-refractivity contribution in [2.24, 2.45) is 0 Å². The fourth-order valence-electron chi connectivity index (χ4n) is 2.49. The molecule has 0 radical (unpaired) electrons. The molecule has 1 aliphatic rings. The minimum Gasteiger partial charge on any atom is -0.370 e. The molecule has 1 atom stereocenters. The van der Waals surface area contributed by atoms with Gasteiger partial charge in [-0.1, -0.05) is 20.8 Å². The van der Waals surface area contributed by atoms with E-state index in [1.165, 1.54) is 11.3 Å². The van der Waals surface area contributed by atoms with Gasteiger partial charge in [0.2, 0.25) is 0 Å². The van der Waals surface area contributed by atoms with Crippen LogP contribution in [-0.2, 0) is 0 Å². The molecule has 0 bridgehead atoms. The van der Waals surface area contributed by atoms with Gasteiger partial charge in [-0.25, -0.2) is 9.97 Å². The summed E-state index contributed by atoms with van der Waals surface area (Å²) in [5.41, 5.74) is 1.25. The zero-order valence-corrected chi connectivity index (χ0v) is 13.1. The predicted octanol–water partition coefficient (Wildman–Crippen LogP) is 2.97. The molecule has 19 heavy (non-hydrogen) atoms. The van der Waals surface area contributed by atoms with E-state index in [2.05, 4.69) is 47.9 Å². The maximum atomic E-state index is 4.57. The van der Waals surface area contributed by atoms with Crippen molar-refractivity contribution in [3.05, 3.63) is 11.9 Å². The van der Waals surface area contributed by atoms with Crippen molar-refractivity contribution in [3.63, 3.8) is 0 Å². The van der Waals surface area contributed by atoms with E-state index in [0.29, 0.717) is 11.2 Å². The second kappa shape index (κ2) is 6.46. The van der Waals surface area contributed by atoms with E-state index in [9.17, 15) is 0 Å². The van der Waals surface area contributed by atoms with E-state index in [0.717, 1.165) is 31.3 Å². The second-order valence-electron chi connectivity index (χ2n) is 5.27. The smallest absolute Gasteiger partial charge is 0.137 e. The number of thioether (sulfide) groups is 1. The monoisotopic (exact) mass is 280 g/mol. The number of hydrogen-bond acceptors (Lipinski definition) is 5. The molecule has 1 aromatic rings. The van der Waals surface area contributed by atoms with Crippen LogP contribution in [0.15, 0.2) is 6.33 Å². The van der Waals surface area contributed by atoms with Gasteiger partial charge in [-0.15, -0.1) is 0 Å². The standard InChI is InChI=1S/C14H24N4S/c1-5-15-13-12(10(2)3)14(17-9-16-13)18-6-7-19-11(4)8-18/h9-11H,5-8H2,1-4H3,(H,15,16,17). The molecule has 1 aromatic heterocycles. The summed E-state index contributed by atoms with van der Waals surface area (Å²) in [6.45, 7) is 11.9. The highest BCUT2D eigenvalue weighted by molar-refractivity contribution is 8.00. The largest absolute Gasteiger partial charge is 0.370 e. The highest BCUT2D eigenvalue weighted by atomic mass is 32.2. The van der Waals surface area contributed by atoms with Crippen LogP contribution in [0.4, 0.5) is 11.6 Å². The first-order valence-corrected chi connectivity index (χ1v) is 8.13. The Morgan fingerprint density at radius 2 is 2.26 bits per heavy atom. The minimum absolute atomic E-state index is 0.426. The summed E-state index contributed by atoms with van der Waals surface area (Å²) in [6, 6.07) is 0. The Morgan fingerprint density at radius 3 is 2.89 bits per heavy atom. The first-order chi connectivity index (χ1) is 9.13. The zero-order chi connectivity index (χ0) is 13.8. The van der Waals surface area contributed by atoms with Gasteiger partial charge < -0.3 is 10.2 Å². The number of anilines is 2. The maximum absolute atomic E-state index is 4.57. The Labute approximate surface area is 120 Å². The lowest BCUT2D eigenvalue weighted by Gasteiger charge is -2.33. The molecular weight excluding hydrogens is 256 g/mol. The van der Waals surface area contributed by atoms with Crippen molar-refractivity contribution in [2.45, 2.75) is 38.9 Å². The lowest BCUT2D eigenvalue weighted by atomic mass is 10.0. The van der Waals surface area contributed by atoms with Gasteiger partial charge in [-0.2, -0.15) is 11.8 Å². The second-order valence-corrected chi connectivity index (χ2v) is 6.82. The molecule has 1 N–H and O–H groups in total. The molecule has 2 heterocycles. The van der Waals surface area contributed by atoms with Gasteiger partial charge in [0.25, 0.3) is 0 Å². The third kappa shape index (κ3) is 3.32. The zero-order valence-electron chi connectivity index (χ0n) is 12.3. The van der Waals surface area contributed by atoms with Crippen molar-refractivity contribution >= 4 is 23.4 Å². The highest BCUT2D eigenvalue weighted by Gasteiger charge is 2.23. The molecule has 0 amide bonds. The van der Waals surface area contributed by atoms with Crippen LogP contribution in [0.2, 0.25) is 0 Å². The van der Waals surface area contributed by atoms with Crippen LogP contribution >= 0.6 is 11.8 Å². The summed E-state index contributed by atoms with van der Waals surface area (Å²) in [6.07, 6.45) is 1.69. The number of rotatable bonds is 4. The number of nitrogens with one attached hydrogen (secondary N) is 1. The van der Waals surface area contributed by atoms with E-state index in [1.54, 1.807) is 6.33 Å². The van der Waals surface area contributed by atoms with Gasteiger partial charge in [0.15, 0.2) is 0 Å². The van der Waals surface area contributed by atoms with Crippen LogP contribution < -0.4 is 10.2 Å². The molecule has 0 spiro atoms. The highest BCUT2D eigenvalue weighted by Crippen LogP contribution is 2.32. The van der Waals surface area contributed by atoms with Gasteiger partial charge in [-0.05, 0) is 12.8 Å². The molecule has 1 aliphatic heterocycles. The average Bonchev–Trinajstić information content (AvgIpc) is 2.38. The first kappa shape index (κ1) is 14.4. The Balaban J connectivity index is 2.35. The molecule has 5 heteroatoms. The van der Waals surface area contributed by atoms with Gasteiger partial charge >= 0.3 is 0 Å². The summed E-state index contributed by atoms with van der Waals surface area (Å²) < 4.78 is 0. The Bertz CT molecular complexity index is 422. The van der Waals surface area contributed by atoms with Crippen LogP contribution in [0.25, 0.3) is 0 Å². The first-order valence-electron chi connectivity index (χ1n) is 7.08. The Hall–Kier alpha value is -0.970. The molecule has 4 nitrogen and oxygen atoms in total. The summed E-state index contributed by atoms with van der Waals surface area (Å²) >= 11 is 2.04. The van der Waals surface area contributed by atoms with E-state index < -0.39 is 0 Å². The molecule has 0 aliphatic carbocycles. The van der Waals surface area contributed by atoms with Crippen LogP contribution in [0.1, 0.15) is 39.2 Å². The third-order valence-corrected chi connectivity index (χ3v) is 4.46. The topological polar surface area (TPSA) is 41.1 Å². The van der Waals surface area contributed by atoms with Crippen molar-refractivity contribution in [1.82, 2.24) is 9.97 Å². The van der Waals surface area contributed by atoms with Gasteiger partial charge in [0.05, 0.1) is 0 Å². The molecule has 2 rings (SSSR count). The van der Waals surface area contributed by atoms with Gasteiger partial charge in [-0.3, -0.25) is 0 Å². The van der Waals surface area contributed by atoms with Crippen LogP contribution in [0.3, 0.4) is 0 Å². The molecule has 0 saturated carbocycles.